The van der Waals surface area contributed by atoms with E-state index >= 15 is 0 Å². The number of rotatable bonds is 9. The van der Waals surface area contributed by atoms with Gasteiger partial charge in [-0.15, -0.1) is 0 Å². The number of nitrogens with one attached hydrogen (secondary N) is 2. The summed E-state index contributed by atoms with van der Waals surface area (Å²) < 4.78 is 16.2. The lowest BCUT2D eigenvalue weighted by molar-refractivity contribution is -0.137. The third-order valence-corrected chi connectivity index (χ3v) is 4.53. The van der Waals surface area contributed by atoms with Gasteiger partial charge in [0.05, 0.1) is 33.1 Å². The van der Waals surface area contributed by atoms with Gasteiger partial charge in [0.25, 0.3) is 11.8 Å². The van der Waals surface area contributed by atoms with Crippen LogP contribution >= 0.6 is 0 Å². The number of hydrazone groups is 1. The second-order valence-corrected chi connectivity index (χ2v) is 6.70. The third-order valence-electron chi connectivity index (χ3n) is 4.53. The number of methoxy groups -OCH3 is 1. The van der Waals surface area contributed by atoms with Crippen molar-refractivity contribution in [3.63, 3.8) is 0 Å². The Balaban J connectivity index is 1.48. The number of para-hydroxylation sites is 1. The standard InChI is InChI=1S/C22H26N4O5/c1-29-20-13-17(14-24-25-21(27)15-23-18-5-3-2-4-6-18)7-8-19(20)31-16-22(28)26-9-11-30-12-10-26/h2-8,13-14,23H,9-12,15-16H2,1H3,(H,25,27)/b24-14-. The van der Waals surface area contributed by atoms with E-state index in [1.807, 2.05) is 30.3 Å². The van der Waals surface area contributed by atoms with Crippen LogP contribution in [-0.4, -0.2) is 69.5 Å². The van der Waals surface area contributed by atoms with Gasteiger partial charge in [0.2, 0.25) is 0 Å². The molecule has 1 saturated heterocycles. The van der Waals surface area contributed by atoms with E-state index in [0.717, 1.165) is 5.69 Å². The zero-order valence-electron chi connectivity index (χ0n) is 17.4. The molecular weight excluding hydrogens is 400 g/mol. The van der Waals surface area contributed by atoms with Gasteiger partial charge in [0, 0.05) is 18.8 Å². The Morgan fingerprint density at radius 2 is 1.90 bits per heavy atom. The Morgan fingerprint density at radius 3 is 2.65 bits per heavy atom. The van der Waals surface area contributed by atoms with Crippen molar-refractivity contribution in [2.45, 2.75) is 0 Å². The number of ether oxygens (including phenoxy) is 3. The normalized spacial score (nSPS) is 13.6. The molecule has 31 heavy (non-hydrogen) atoms. The molecule has 0 radical (unpaired) electrons. The molecule has 3 rings (SSSR count). The highest BCUT2D eigenvalue weighted by molar-refractivity contribution is 5.85. The lowest BCUT2D eigenvalue weighted by Crippen LogP contribution is -2.43. The number of carbonyl (C=O) groups is 2. The number of anilines is 1. The lowest BCUT2D eigenvalue weighted by Gasteiger charge is -2.26. The molecule has 2 aromatic rings. The van der Waals surface area contributed by atoms with Crippen molar-refractivity contribution in [3.05, 3.63) is 54.1 Å². The summed E-state index contributed by atoms with van der Waals surface area (Å²) in [6.45, 7) is 2.26. The number of nitrogens with zero attached hydrogens (tertiary/aromatic N) is 2. The topological polar surface area (TPSA) is 101 Å². The molecular formula is C22H26N4O5. The van der Waals surface area contributed by atoms with Crippen LogP contribution in [0.3, 0.4) is 0 Å². The molecule has 0 bridgehead atoms. The zero-order chi connectivity index (χ0) is 21.9. The highest BCUT2D eigenvalue weighted by Crippen LogP contribution is 2.27. The van der Waals surface area contributed by atoms with E-state index in [2.05, 4.69) is 15.8 Å². The van der Waals surface area contributed by atoms with Crippen LogP contribution in [0.4, 0.5) is 5.69 Å². The maximum Gasteiger partial charge on any atom is 0.260 e. The van der Waals surface area contributed by atoms with Crippen molar-refractivity contribution in [2.24, 2.45) is 5.10 Å². The molecule has 2 amide bonds. The first-order valence-corrected chi connectivity index (χ1v) is 9.93. The maximum atomic E-state index is 12.2. The molecule has 9 nitrogen and oxygen atoms in total. The SMILES string of the molecule is COc1cc(/C=N\NC(=O)CNc2ccccc2)ccc1OCC(=O)N1CCOCC1. The second-order valence-electron chi connectivity index (χ2n) is 6.70. The van der Waals surface area contributed by atoms with Crippen LogP contribution in [0.1, 0.15) is 5.56 Å². The van der Waals surface area contributed by atoms with Crippen molar-refractivity contribution >= 4 is 23.7 Å². The molecule has 1 fully saturated rings. The van der Waals surface area contributed by atoms with Gasteiger partial charge < -0.3 is 24.4 Å². The monoisotopic (exact) mass is 426 g/mol. The summed E-state index contributed by atoms with van der Waals surface area (Å²) in [5.41, 5.74) is 4.03. The maximum absolute atomic E-state index is 12.2. The number of carbonyl (C=O) groups excluding carboxylic acids is 2. The average Bonchev–Trinajstić information content (AvgIpc) is 2.82. The first kappa shape index (κ1) is 22.1. The molecule has 1 aliphatic rings. The highest BCUT2D eigenvalue weighted by Gasteiger charge is 2.18. The summed E-state index contributed by atoms with van der Waals surface area (Å²) in [6, 6.07) is 14.6. The smallest absolute Gasteiger partial charge is 0.260 e. The van der Waals surface area contributed by atoms with Crippen LogP contribution in [0, 0.1) is 0 Å². The molecule has 1 aliphatic heterocycles. The van der Waals surface area contributed by atoms with Crippen molar-refractivity contribution < 1.29 is 23.8 Å². The van der Waals surface area contributed by atoms with Crippen LogP contribution < -0.4 is 20.2 Å². The molecule has 0 saturated carbocycles. The van der Waals surface area contributed by atoms with Crippen molar-refractivity contribution in [1.29, 1.82) is 0 Å². The summed E-state index contributed by atoms with van der Waals surface area (Å²) in [7, 11) is 1.52. The van der Waals surface area contributed by atoms with Crippen LogP contribution in [0.25, 0.3) is 0 Å². The third kappa shape index (κ3) is 7.00. The Labute approximate surface area is 181 Å². The van der Waals surface area contributed by atoms with Crippen LogP contribution in [0.15, 0.2) is 53.6 Å². The summed E-state index contributed by atoms with van der Waals surface area (Å²) >= 11 is 0. The summed E-state index contributed by atoms with van der Waals surface area (Å²) in [4.78, 5) is 25.8. The van der Waals surface area contributed by atoms with Gasteiger partial charge in [-0.05, 0) is 35.9 Å². The molecule has 0 aliphatic carbocycles. The zero-order valence-corrected chi connectivity index (χ0v) is 17.4. The van der Waals surface area contributed by atoms with Gasteiger partial charge in [-0.1, -0.05) is 18.2 Å². The largest absolute Gasteiger partial charge is 0.493 e. The lowest BCUT2D eigenvalue weighted by atomic mass is 10.2. The summed E-state index contributed by atoms with van der Waals surface area (Å²) in [5, 5.41) is 6.97. The van der Waals surface area contributed by atoms with E-state index < -0.39 is 0 Å². The van der Waals surface area contributed by atoms with Gasteiger partial charge in [-0.25, -0.2) is 5.43 Å². The molecule has 0 spiro atoms. The fourth-order valence-corrected chi connectivity index (χ4v) is 2.88. The predicted octanol–water partition coefficient (Wildman–Crippen LogP) is 1.49. The van der Waals surface area contributed by atoms with E-state index in [-0.39, 0.29) is 25.0 Å². The van der Waals surface area contributed by atoms with E-state index in [4.69, 9.17) is 14.2 Å². The predicted molar refractivity (Wildman–Crippen MR) is 117 cm³/mol. The minimum Gasteiger partial charge on any atom is -0.493 e. The Bertz CT molecular complexity index is 898. The van der Waals surface area contributed by atoms with Gasteiger partial charge in [0.1, 0.15) is 0 Å². The van der Waals surface area contributed by atoms with Gasteiger partial charge >= 0.3 is 0 Å². The molecule has 9 heteroatoms. The number of benzene rings is 2. The fourth-order valence-electron chi connectivity index (χ4n) is 2.88. The summed E-state index contributed by atoms with van der Waals surface area (Å²) in [6.07, 6.45) is 1.51. The van der Waals surface area contributed by atoms with Gasteiger partial charge in [-0.3, -0.25) is 9.59 Å². The Hall–Kier alpha value is -3.59. The second kappa shape index (κ2) is 11.6. The van der Waals surface area contributed by atoms with Crippen LogP contribution in [0.2, 0.25) is 0 Å². The van der Waals surface area contributed by atoms with Crippen molar-refractivity contribution in [1.82, 2.24) is 10.3 Å². The Kier molecular flexibility index (Phi) is 8.24. The van der Waals surface area contributed by atoms with Gasteiger partial charge in [-0.2, -0.15) is 5.10 Å². The molecule has 0 atom stereocenters. The molecule has 164 valence electrons. The first-order chi connectivity index (χ1) is 15.2. The van der Waals surface area contributed by atoms with E-state index in [1.54, 1.807) is 23.1 Å². The van der Waals surface area contributed by atoms with E-state index in [1.165, 1.54) is 13.3 Å². The highest BCUT2D eigenvalue weighted by atomic mass is 16.5. The molecule has 0 aromatic heterocycles. The number of amides is 2. The van der Waals surface area contributed by atoms with E-state index in [9.17, 15) is 9.59 Å². The number of hydrogen-bond donors (Lipinski definition) is 2. The number of morpholine rings is 1. The molecule has 2 aromatic carbocycles. The van der Waals surface area contributed by atoms with Crippen LogP contribution in [-0.2, 0) is 14.3 Å². The van der Waals surface area contributed by atoms with Gasteiger partial charge in [0.15, 0.2) is 18.1 Å². The minimum absolute atomic E-state index is 0.0751. The first-order valence-electron chi connectivity index (χ1n) is 9.93. The van der Waals surface area contributed by atoms with Crippen molar-refractivity contribution in [3.8, 4) is 11.5 Å². The van der Waals surface area contributed by atoms with Crippen molar-refractivity contribution in [2.75, 3.05) is 51.9 Å². The Morgan fingerprint density at radius 1 is 1.13 bits per heavy atom. The molecule has 0 unspecified atom stereocenters. The average molecular weight is 426 g/mol. The van der Waals surface area contributed by atoms with Crippen LogP contribution in [0.5, 0.6) is 11.5 Å². The summed E-state index contributed by atoms with van der Waals surface area (Å²) in [5.74, 6) is 0.560. The molecule has 1 heterocycles. The minimum atomic E-state index is -0.270. The quantitative estimate of drug-likeness (QED) is 0.465. The molecule has 2 N–H and O–H groups in total. The van der Waals surface area contributed by atoms with E-state index in [0.29, 0.717) is 43.4 Å². The fraction of sp³-hybridized carbons (Fsp3) is 0.318. The number of hydrogen-bond acceptors (Lipinski definition) is 7.